The summed E-state index contributed by atoms with van der Waals surface area (Å²) in [6.07, 6.45) is 7.81. The third-order valence-electron chi connectivity index (χ3n) is 7.64. The van der Waals surface area contributed by atoms with E-state index in [-0.39, 0.29) is 11.0 Å². The van der Waals surface area contributed by atoms with Crippen LogP contribution in [0.5, 0.6) is 5.75 Å². The van der Waals surface area contributed by atoms with Crippen molar-refractivity contribution in [2.75, 3.05) is 0 Å². The highest BCUT2D eigenvalue weighted by molar-refractivity contribution is 5.39. The molecule has 1 spiro atoms. The third kappa shape index (κ3) is 1.71. The first-order valence-electron chi connectivity index (χ1n) is 9.16. The van der Waals surface area contributed by atoms with Gasteiger partial charge in [-0.25, -0.2) is 0 Å². The van der Waals surface area contributed by atoms with Crippen molar-refractivity contribution in [1.29, 1.82) is 0 Å². The number of hydrogen-bond acceptors (Lipinski definition) is 1. The number of fused-ring (bicyclic) bond motifs is 1. The van der Waals surface area contributed by atoms with Crippen LogP contribution in [0.3, 0.4) is 0 Å². The summed E-state index contributed by atoms with van der Waals surface area (Å²) in [6, 6.07) is 8.77. The predicted molar refractivity (Wildman–Crippen MR) is 91.1 cm³/mol. The Balaban J connectivity index is 1.88. The number of para-hydroxylation sites is 1. The number of benzene rings is 1. The Morgan fingerprint density at radius 3 is 2.64 bits per heavy atom. The molecule has 0 bridgehead atoms. The minimum Gasteiger partial charge on any atom is -0.486 e. The van der Waals surface area contributed by atoms with Gasteiger partial charge in [0.1, 0.15) is 11.4 Å². The minimum atomic E-state index is 0.0563. The largest absolute Gasteiger partial charge is 0.486 e. The Hall–Kier alpha value is -0.980. The van der Waals surface area contributed by atoms with Gasteiger partial charge in [-0.05, 0) is 61.5 Å². The van der Waals surface area contributed by atoms with Gasteiger partial charge in [0, 0.05) is 11.3 Å². The summed E-state index contributed by atoms with van der Waals surface area (Å²) in [5, 5.41) is 0. The van der Waals surface area contributed by atoms with Crippen LogP contribution in [0.1, 0.15) is 65.4 Å². The molecular formula is C21H30O. The van der Waals surface area contributed by atoms with Gasteiger partial charge < -0.3 is 4.74 Å². The molecule has 1 heterocycles. The fraction of sp³-hybridized carbons (Fsp3) is 0.714. The van der Waals surface area contributed by atoms with Gasteiger partial charge >= 0.3 is 0 Å². The Morgan fingerprint density at radius 2 is 1.82 bits per heavy atom. The number of rotatable bonds is 0. The van der Waals surface area contributed by atoms with Crippen LogP contribution in [-0.2, 0) is 6.42 Å². The average molecular weight is 298 g/mol. The topological polar surface area (TPSA) is 9.23 Å². The number of hydrogen-bond donors (Lipinski definition) is 0. The summed E-state index contributed by atoms with van der Waals surface area (Å²) < 4.78 is 6.94. The van der Waals surface area contributed by atoms with E-state index in [0.717, 1.165) is 11.7 Å². The van der Waals surface area contributed by atoms with Gasteiger partial charge in [0.2, 0.25) is 0 Å². The van der Waals surface area contributed by atoms with E-state index in [4.69, 9.17) is 4.74 Å². The van der Waals surface area contributed by atoms with Crippen molar-refractivity contribution in [1.82, 2.24) is 0 Å². The average Bonchev–Trinajstić information content (AvgIpc) is 2.46. The molecule has 1 aromatic carbocycles. The van der Waals surface area contributed by atoms with Crippen molar-refractivity contribution in [3.8, 4) is 5.75 Å². The molecule has 0 radical (unpaired) electrons. The van der Waals surface area contributed by atoms with E-state index in [1.54, 1.807) is 0 Å². The van der Waals surface area contributed by atoms with Gasteiger partial charge in [0.05, 0.1) is 0 Å². The van der Waals surface area contributed by atoms with Crippen molar-refractivity contribution in [2.24, 2.45) is 22.7 Å². The van der Waals surface area contributed by atoms with Crippen molar-refractivity contribution in [3.05, 3.63) is 29.8 Å². The van der Waals surface area contributed by atoms with E-state index in [1.165, 1.54) is 44.1 Å². The van der Waals surface area contributed by atoms with Crippen LogP contribution in [0.15, 0.2) is 24.3 Å². The second-order valence-corrected chi connectivity index (χ2v) is 9.07. The number of ether oxygens (including phenoxy) is 1. The SMILES string of the molecule is CC1CCC2C(C)(C)CCCC23Oc2ccccc2CC13C. The fourth-order valence-electron chi connectivity index (χ4n) is 6.15. The molecule has 1 aliphatic heterocycles. The quantitative estimate of drug-likeness (QED) is 0.604. The van der Waals surface area contributed by atoms with Crippen LogP contribution in [0.25, 0.3) is 0 Å². The van der Waals surface area contributed by atoms with Crippen molar-refractivity contribution >= 4 is 0 Å². The summed E-state index contributed by atoms with van der Waals surface area (Å²) in [5.41, 5.74) is 2.17. The molecule has 0 N–H and O–H groups in total. The molecule has 22 heavy (non-hydrogen) atoms. The molecular weight excluding hydrogens is 268 g/mol. The highest BCUT2D eigenvalue weighted by Gasteiger charge is 2.65. The predicted octanol–water partition coefficient (Wildman–Crippen LogP) is 5.62. The lowest BCUT2D eigenvalue weighted by Gasteiger charge is -2.66. The molecule has 2 aliphatic carbocycles. The highest BCUT2D eigenvalue weighted by Crippen LogP contribution is 2.65. The van der Waals surface area contributed by atoms with E-state index >= 15 is 0 Å². The van der Waals surface area contributed by atoms with E-state index in [1.807, 2.05) is 0 Å². The normalized spacial score (nSPS) is 42.5. The van der Waals surface area contributed by atoms with Crippen molar-refractivity contribution in [3.63, 3.8) is 0 Å². The molecule has 1 heteroatoms. The maximum Gasteiger partial charge on any atom is 0.123 e. The van der Waals surface area contributed by atoms with Crippen LogP contribution in [-0.4, -0.2) is 5.60 Å². The second-order valence-electron chi connectivity index (χ2n) is 9.07. The summed E-state index contributed by atoms with van der Waals surface area (Å²) in [5.74, 6) is 2.60. The third-order valence-corrected chi connectivity index (χ3v) is 7.64. The molecule has 0 saturated heterocycles. The Bertz CT molecular complexity index is 589. The van der Waals surface area contributed by atoms with E-state index in [0.29, 0.717) is 11.3 Å². The fourth-order valence-corrected chi connectivity index (χ4v) is 6.15. The molecule has 4 unspecified atom stereocenters. The van der Waals surface area contributed by atoms with Crippen LogP contribution < -0.4 is 4.74 Å². The smallest absolute Gasteiger partial charge is 0.123 e. The van der Waals surface area contributed by atoms with Gasteiger partial charge in [-0.15, -0.1) is 0 Å². The lowest BCUT2D eigenvalue weighted by atomic mass is 9.44. The first-order valence-corrected chi connectivity index (χ1v) is 9.16. The van der Waals surface area contributed by atoms with E-state index < -0.39 is 0 Å². The van der Waals surface area contributed by atoms with Crippen LogP contribution >= 0.6 is 0 Å². The summed E-state index contributed by atoms with van der Waals surface area (Å²) in [6.45, 7) is 9.97. The summed E-state index contributed by atoms with van der Waals surface area (Å²) in [7, 11) is 0. The highest BCUT2D eigenvalue weighted by atomic mass is 16.5. The van der Waals surface area contributed by atoms with Crippen molar-refractivity contribution in [2.45, 2.75) is 71.8 Å². The van der Waals surface area contributed by atoms with Crippen LogP contribution in [0.2, 0.25) is 0 Å². The molecule has 2 saturated carbocycles. The zero-order chi connectivity index (χ0) is 15.6. The van der Waals surface area contributed by atoms with Gasteiger partial charge in [0.25, 0.3) is 0 Å². The van der Waals surface area contributed by atoms with Crippen LogP contribution in [0, 0.1) is 22.7 Å². The van der Waals surface area contributed by atoms with Gasteiger partial charge in [0.15, 0.2) is 0 Å². The molecule has 0 amide bonds. The molecule has 1 aromatic rings. The first kappa shape index (κ1) is 14.6. The van der Waals surface area contributed by atoms with Gasteiger partial charge in [-0.1, -0.05) is 45.9 Å². The molecule has 4 rings (SSSR count). The van der Waals surface area contributed by atoms with E-state index in [9.17, 15) is 0 Å². The molecule has 3 aliphatic rings. The Morgan fingerprint density at radius 1 is 1.05 bits per heavy atom. The standard InChI is InChI=1S/C21H30O/c1-15-10-11-18-19(2,3)12-7-13-21(18)20(15,4)14-16-8-5-6-9-17(16)22-21/h5-6,8-9,15,18H,7,10-14H2,1-4H3. The van der Waals surface area contributed by atoms with E-state index in [2.05, 4.69) is 52.0 Å². The minimum absolute atomic E-state index is 0.0563. The molecule has 2 fully saturated rings. The summed E-state index contributed by atoms with van der Waals surface area (Å²) >= 11 is 0. The van der Waals surface area contributed by atoms with Gasteiger partial charge in [-0.2, -0.15) is 0 Å². The molecule has 1 nitrogen and oxygen atoms in total. The van der Waals surface area contributed by atoms with Gasteiger partial charge in [-0.3, -0.25) is 0 Å². The monoisotopic (exact) mass is 298 g/mol. The summed E-state index contributed by atoms with van der Waals surface area (Å²) in [4.78, 5) is 0. The zero-order valence-electron chi connectivity index (χ0n) is 14.6. The lowest BCUT2D eigenvalue weighted by Crippen LogP contribution is -2.68. The first-order chi connectivity index (χ1) is 10.4. The molecule has 0 aromatic heterocycles. The lowest BCUT2D eigenvalue weighted by molar-refractivity contribution is -0.210. The second kappa shape index (κ2) is 4.52. The molecule has 120 valence electrons. The molecule has 4 atom stereocenters. The van der Waals surface area contributed by atoms with Crippen LogP contribution in [0.4, 0.5) is 0 Å². The zero-order valence-corrected chi connectivity index (χ0v) is 14.6. The Kier molecular flexibility index (Phi) is 3.00. The maximum absolute atomic E-state index is 6.94. The maximum atomic E-state index is 6.94. The van der Waals surface area contributed by atoms with Crippen molar-refractivity contribution < 1.29 is 4.74 Å². The Labute approximate surface area is 135 Å².